The standard InChI is InChI=1S/C25H37N3O3/c1-17(2)28-22(29)25(27-23(28)26)18(3)15-21(31-16-19-8-9-19)7-5-6-12-24(25)13-10-20(30-4)11-14-24/h5,7,15,17,19-20H,3,6,8-14,16H2,1-2,4H3,(H2,26,27)/b7-5-,21-15+/t20?,24?,25-/m1/s1. The summed E-state index contributed by atoms with van der Waals surface area (Å²) in [4.78, 5) is 20.7. The maximum atomic E-state index is 14.1. The SMILES string of the molecule is C=C1/C=C(OCC2CC2)\C=C/CCC2(CCC(OC)CC2)[C@@]12N=C(N)N(C(C)C)C2=O. The molecule has 31 heavy (non-hydrogen) atoms. The summed E-state index contributed by atoms with van der Waals surface area (Å²) < 4.78 is 11.8. The van der Waals surface area contributed by atoms with E-state index in [-0.39, 0.29) is 23.5 Å². The van der Waals surface area contributed by atoms with Crippen molar-refractivity contribution in [3.63, 3.8) is 0 Å². The Morgan fingerprint density at radius 2 is 1.97 bits per heavy atom. The number of hydrogen-bond donors (Lipinski definition) is 1. The van der Waals surface area contributed by atoms with Gasteiger partial charge in [-0.3, -0.25) is 9.69 Å². The van der Waals surface area contributed by atoms with Crippen LogP contribution in [0.3, 0.4) is 0 Å². The zero-order valence-corrected chi connectivity index (χ0v) is 19.2. The van der Waals surface area contributed by atoms with Crippen molar-refractivity contribution in [3.8, 4) is 0 Å². The van der Waals surface area contributed by atoms with Gasteiger partial charge in [0.25, 0.3) is 5.91 Å². The average molecular weight is 428 g/mol. The summed E-state index contributed by atoms with van der Waals surface area (Å²) in [5, 5.41) is 0. The lowest BCUT2D eigenvalue weighted by Crippen LogP contribution is -2.58. The molecule has 170 valence electrons. The van der Waals surface area contributed by atoms with E-state index in [1.807, 2.05) is 26.0 Å². The molecule has 0 radical (unpaired) electrons. The molecule has 2 spiro atoms. The number of nitrogens with zero attached hydrogens (tertiary/aromatic N) is 2. The summed E-state index contributed by atoms with van der Waals surface area (Å²) >= 11 is 0. The van der Waals surface area contributed by atoms with Crippen molar-refractivity contribution in [1.29, 1.82) is 0 Å². The van der Waals surface area contributed by atoms with E-state index in [1.165, 1.54) is 12.8 Å². The van der Waals surface area contributed by atoms with E-state index in [9.17, 15) is 4.79 Å². The van der Waals surface area contributed by atoms with E-state index >= 15 is 0 Å². The number of ether oxygens (including phenoxy) is 2. The number of aliphatic imine (C=N–C) groups is 1. The molecule has 1 amide bonds. The van der Waals surface area contributed by atoms with Crippen LogP contribution in [0.2, 0.25) is 0 Å². The average Bonchev–Trinajstić information content (AvgIpc) is 3.52. The minimum Gasteiger partial charge on any atom is -0.493 e. The molecule has 2 N–H and O–H groups in total. The van der Waals surface area contributed by atoms with Crippen molar-refractivity contribution >= 4 is 11.9 Å². The van der Waals surface area contributed by atoms with Gasteiger partial charge in [0.05, 0.1) is 12.7 Å². The van der Waals surface area contributed by atoms with Crippen LogP contribution in [0, 0.1) is 11.3 Å². The van der Waals surface area contributed by atoms with E-state index in [2.05, 4.69) is 12.7 Å². The third-order valence-corrected chi connectivity index (χ3v) is 7.60. The summed E-state index contributed by atoms with van der Waals surface area (Å²) in [7, 11) is 1.77. The van der Waals surface area contributed by atoms with Gasteiger partial charge in [0.15, 0.2) is 11.5 Å². The monoisotopic (exact) mass is 427 g/mol. The van der Waals surface area contributed by atoms with Gasteiger partial charge in [0, 0.05) is 18.6 Å². The van der Waals surface area contributed by atoms with Crippen LogP contribution in [0.25, 0.3) is 0 Å². The molecular formula is C25H37N3O3. The molecule has 0 aromatic carbocycles. The highest BCUT2D eigenvalue weighted by Crippen LogP contribution is 2.56. The number of rotatable bonds is 5. The first-order valence-electron chi connectivity index (χ1n) is 11.7. The number of hydrogen-bond acceptors (Lipinski definition) is 5. The van der Waals surface area contributed by atoms with Crippen LogP contribution in [0.4, 0.5) is 0 Å². The molecule has 1 heterocycles. The number of methoxy groups -OCH3 is 1. The van der Waals surface area contributed by atoms with Crippen LogP contribution in [-0.4, -0.2) is 48.2 Å². The molecule has 0 saturated heterocycles. The zero-order chi connectivity index (χ0) is 22.2. The van der Waals surface area contributed by atoms with Crippen LogP contribution in [0.1, 0.15) is 65.2 Å². The first-order chi connectivity index (χ1) is 14.8. The van der Waals surface area contributed by atoms with E-state index in [0.29, 0.717) is 24.1 Å². The minimum atomic E-state index is -1.08. The highest BCUT2D eigenvalue weighted by atomic mass is 16.5. The van der Waals surface area contributed by atoms with E-state index in [1.54, 1.807) is 12.0 Å². The molecule has 2 saturated carbocycles. The predicted octanol–water partition coefficient (Wildman–Crippen LogP) is 4.08. The number of nitrogens with two attached hydrogens (primary N) is 1. The summed E-state index contributed by atoms with van der Waals surface area (Å²) in [6.07, 6.45) is 14.1. The summed E-state index contributed by atoms with van der Waals surface area (Å²) in [6, 6.07) is -0.0592. The third kappa shape index (κ3) is 3.84. The molecule has 6 heteroatoms. The molecule has 0 bridgehead atoms. The lowest BCUT2D eigenvalue weighted by Gasteiger charge is -2.49. The quantitative estimate of drug-likeness (QED) is 0.717. The fraction of sp³-hybridized carbons (Fsp3) is 0.680. The van der Waals surface area contributed by atoms with E-state index in [4.69, 9.17) is 20.2 Å². The summed E-state index contributed by atoms with van der Waals surface area (Å²) in [5.41, 5.74) is 5.65. The molecule has 4 aliphatic rings. The molecule has 6 nitrogen and oxygen atoms in total. The summed E-state index contributed by atoms with van der Waals surface area (Å²) in [6.45, 7) is 9.10. The Bertz CT molecular complexity index is 816. The van der Waals surface area contributed by atoms with Gasteiger partial charge in [0.1, 0.15) is 5.76 Å². The van der Waals surface area contributed by atoms with Crippen molar-refractivity contribution < 1.29 is 14.3 Å². The minimum absolute atomic E-state index is 0.0411. The van der Waals surface area contributed by atoms with Crippen molar-refractivity contribution in [2.24, 2.45) is 22.1 Å². The van der Waals surface area contributed by atoms with Crippen LogP contribution >= 0.6 is 0 Å². The smallest absolute Gasteiger partial charge is 0.262 e. The number of allylic oxidation sites excluding steroid dienone is 2. The molecule has 2 fully saturated rings. The van der Waals surface area contributed by atoms with Gasteiger partial charge < -0.3 is 15.2 Å². The Balaban J connectivity index is 1.77. The van der Waals surface area contributed by atoms with Gasteiger partial charge in [-0.05, 0) is 88.9 Å². The molecule has 4 rings (SSSR count). The molecular weight excluding hydrogens is 390 g/mol. The number of amides is 1. The van der Waals surface area contributed by atoms with Gasteiger partial charge in [-0.2, -0.15) is 0 Å². The lowest BCUT2D eigenvalue weighted by atomic mass is 9.56. The second kappa shape index (κ2) is 8.45. The largest absolute Gasteiger partial charge is 0.493 e. The van der Waals surface area contributed by atoms with Crippen LogP contribution in [0.15, 0.2) is 41.1 Å². The predicted molar refractivity (Wildman–Crippen MR) is 122 cm³/mol. The van der Waals surface area contributed by atoms with Crippen molar-refractivity contribution in [2.75, 3.05) is 13.7 Å². The Labute approximate surface area is 186 Å². The fourth-order valence-corrected chi connectivity index (χ4v) is 5.59. The Morgan fingerprint density at radius 1 is 1.26 bits per heavy atom. The number of carbonyl (C=O) groups excluding carboxylic acids is 1. The summed E-state index contributed by atoms with van der Waals surface area (Å²) in [5.74, 6) is 1.68. The van der Waals surface area contributed by atoms with Gasteiger partial charge in [0.2, 0.25) is 0 Å². The number of fused-ring (bicyclic) bond motifs is 1. The maximum Gasteiger partial charge on any atom is 0.262 e. The second-order valence-corrected chi connectivity index (χ2v) is 9.93. The highest BCUT2D eigenvalue weighted by Gasteiger charge is 2.63. The van der Waals surface area contributed by atoms with Gasteiger partial charge >= 0.3 is 0 Å². The van der Waals surface area contributed by atoms with Gasteiger partial charge in [-0.1, -0.05) is 12.7 Å². The fourth-order valence-electron chi connectivity index (χ4n) is 5.59. The maximum absolute atomic E-state index is 14.1. The van der Waals surface area contributed by atoms with E-state index in [0.717, 1.165) is 44.3 Å². The Kier molecular flexibility index (Phi) is 6.03. The van der Waals surface area contributed by atoms with Crippen LogP contribution in [-0.2, 0) is 14.3 Å². The molecule has 0 unspecified atom stereocenters. The van der Waals surface area contributed by atoms with Gasteiger partial charge in [-0.25, -0.2) is 4.99 Å². The molecule has 0 aromatic heterocycles. The lowest BCUT2D eigenvalue weighted by molar-refractivity contribution is -0.137. The van der Waals surface area contributed by atoms with Crippen molar-refractivity contribution in [3.05, 3.63) is 36.1 Å². The third-order valence-electron chi connectivity index (χ3n) is 7.60. The second-order valence-electron chi connectivity index (χ2n) is 9.93. The number of carbonyl (C=O) groups is 1. The topological polar surface area (TPSA) is 77.2 Å². The molecule has 1 atom stereocenters. The normalized spacial score (nSPS) is 36.8. The Morgan fingerprint density at radius 3 is 2.55 bits per heavy atom. The number of guanidine groups is 1. The van der Waals surface area contributed by atoms with Crippen LogP contribution in [0.5, 0.6) is 0 Å². The molecule has 0 aromatic rings. The Hall–Kier alpha value is -2.08. The van der Waals surface area contributed by atoms with Gasteiger partial charge in [-0.15, -0.1) is 0 Å². The molecule has 3 aliphatic carbocycles. The zero-order valence-electron chi connectivity index (χ0n) is 19.2. The van der Waals surface area contributed by atoms with Crippen molar-refractivity contribution in [2.45, 2.75) is 82.9 Å². The van der Waals surface area contributed by atoms with Crippen molar-refractivity contribution in [1.82, 2.24) is 4.90 Å². The van der Waals surface area contributed by atoms with E-state index < -0.39 is 5.54 Å². The molecule has 1 aliphatic heterocycles. The first kappa shape index (κ1) is 22.1. The van der Waals surface area contributed by atoms with Crippen LogP contribution < -0.4 is 5.73 Å². The first-order valence-corrected chi connectivity index (χ1v) is 11.7. The highest BCUT2D eigenvalue weighted by molar-refractivity contribution is 6.09.